The summed E-state index contributed by atoms with van der Waals surface area (Å²) in [6, 6.07) is 8.39. The summed E-state index contributed by atoms with van der Waals surface area (Å²) < 4.78 is 0. The fourth-order valence-electron chi connectivity index (χ4n) is 1.42. The fourth-order valence-corrected chi connectivity index (χ4v) is 1.42. The first-order valence-electron chi connectivity index (χ1n) is 4.57. The minimum atomic E-state index is 0.847. The molecule has 2 heteroatoms. The molecule has 2 rings (SSSR count). The molecule has 1 aliphatic rings. The summed E-state index contributed by atoms with van der Waals surface area (Å²) in [6.45, 7) is 5.70. The maximum absolute atomic E-state index is 4.35. The van der Waals surface area contributed by atoms with E-state index in [0.29, 0.717) is 0 Å². The second-order valence-electron chi connectivity index (χ2n) is 3.10. The number of nitrogens with one attached hydrogen (secondary N) is 1. The van der Waals surface area contributed by atoms with Gasteiger partial charge in [-0.05, 0) is 18.9 Å². The van der Waals surface area contributed by atoms with E-state index in [-0.39, 0.29) is 0 Å². The van der Waals surface area contributed by atoms with Gasteiger partial charge in [0.25, 0.3) is 0 Å². The second kappa shape index (κ2) is 3.60. The first-order valence-corrected chi connectivity index (χ1v) is 4.57. The number of aliphatic imine (C=N–C) groups is 1. The van der Waals surface area contributed by atoms with Crippen molar-refractivity contribution in [1.82, 2.24) is 5.32 Å². The molecule has 0 bridgehead atoms. The Labute approximate surface area is 78.7 Å². The molecule has 0 amide bonds. The zero-order valence-electron chi connectivity index (χ0n) is 7.59. The smallest absolute Gasteiger partial charge is 0.128 e. The maximum atomic E-state index is 4.35. The fraction of sp³-hybridized carbons (Fsp3) is 0.273. The number of amidine groups is 1. The first-order chi connectivity index (χ1) is 6.40. The Hall–Kier alpha value is -1.31. The summed E-state index contributed by atoms with van der Waals surface area (Å²) in [5.74, 6) is 1.02. The number of hydrogen-bond donors (Lipinski definition) is 1. The van der Waals surface area contributed by atoms with E-state index in [4.69, 9.17) is 0 Å². The van der Waals surface area contributed by atoms with Crippen molar-refractivity contribution in [1.29, 1.82) is 0 Å². The zero-order chi connectivity index (χ0) is 9.10. The highest BCUT2D eigenvalue weighted by atomic mass is 15.1. The summed E-state index contributed by atoms with van der Waals surface area (Å²) in [7, 11) is 0. The van der Waals surface area contributed by atoms with Gasteiger partial charge in [-0.15, -0.1) is 0 Å². The number of hydrogen-bond acceptors (Lipinski definition) is 2. The summed E-state index contributed by atoms with van der Waals surface area (Å²) in [5.41, 5.74) is 2.44. The van der Waals surface area contributed by atoms with Gasteiger partial charge in [0.2, 0.25) is 0 Å². The topological polar surface area (TPSA) is 24.4 Å². The highest BCUT2D eigenvalue weighted by Gasteiger charge is 2.06. The van der Waals surface area contributed by atoms with Crippen molar-refractivity contribution in [2.75, 3.05) is 13.1 Å². The van der Waals surface area contributed by atoms with E-state index in [1.807, 2.05) is 0 Å². The molecule has 0 spiro atoms. The summed E-state index contributed by atoms with van der Waals surface area (Å²) >= 11 is 0. The van der Waals surface area contributed by atoms with Crippen LogP contribution in [0.2, 0.25) is 0 Å². The Morgan fingerprint density at radius 3 is 2.62 bits per heavy atom. The van der Waals surface area contributed by atoms with Gasteiger partial charge < -0.3 is 5.32 Å². The Bertz CT molecular complexity index is 311. The van der Waals surface area contributed by atoms with Crippen molar-refractivity contribution in [3.63, 3.8) is 0 Å². The van der Waals surface area contributed by atoms with Crippen LogP contribution in [0.1, 0.15) is 11.1 Å². The Morgan fingerprint density at radius 1 is 1.31 bits per heavy atom. The standard InChI is InChI=1S/C11H13N2/c1-2-9-3-5-10(6-4-9)11-12-7-8-13-11/h3-6H,1-2,7-8H2,(H,12,13). The normalized spacial score (nSPS) is 15.3. The van der Waals surface area contributed by atoms with E-state index < -0.39 is 0 Å². The molecular weight excluding hydrogens is 160 g/mol. The molecule has 0 fully saturated rings. The number of rotatable bonds is 2. The van der Waals surface area contributed by atoms with Crippen molar-refractivity contribution in [3.05, 3.63) is 42.3 Å². The predicted octanol–water partition coefficient (Wildman–Crippen LogP) is 1.41. The van der Waals surface area contributed by atoms with Crippen LogP contribution in [-0.2, 0) is 6.42 Å². The van der Waals surface area contributed by atoms with Crippen LogP contribution in [0, 0.1) is 6.92 Å². The maximum Gasteiger partial charge on any atom is 0.128 e. The largest absolute Gasteiger partial charge is 0.368 e. The second-order valence-corrected chi connectivity index (χ2v) is 3.10. The molecule has 0 unspecified atom stereocenters. The summed E-state index contributed by atoms with van der Waals surface area (Å²) in [5, 5.41) is 3.24. The zero-order valence-corrected chi connectivity index (χ0v) is 7.59. The third kappa shape index (κ3) is 1.72. The molecule has 0 atom stereocenters. The minimum absolute atomic E-state index is 0.847. The predicted molar refractivity (Wildman–Crippen MR) is 54.9 cm³/mol. The Balaban J connectivity index is 2.22. The van der Waals surface area contributed by atoms with Crippen molar-refractivity contribution < 1.29 is 0 Å². The third-order valence-corrected chi connectivity index (χ3v) is 2.19. The molecular formula is C11H13N2. The molecule has 67 valence electrons. The van der Waals surface area contributed by atoms with E-state index in [9.17, 15) is 0 Å². The van der Waals surface area contributed by atoms with Crippen molar-refractivity contribution in [2.24, 2.45) is 4.99 Å². The van der Waals surface area contributed by atoms with E-state index >= 15 is 0 Å². The lowest BCUT2D eigenvalue weighted by Gasteiger charge is -2.02. The van der Waals surface area contributed by atoms with E-state index in [2.05, 4.69) is 41.5 Å². The summed E-state index contributed by atoms with van der Waals surface area (Å²) in [6.07, 6.45) is 0.847. The lowest BCUT2D eigenvalue weighted by molar-refractivity contribution is 0.960. The molecule has 1 aliphatic heterocycles. The van der Waals surface area contributed by atoms with Crippen LogP contribution < -0.4 is 5.32 Å². The van der Waals surface area contributed by atoms with Crippen LogP contribution in [0.15, 0.2) is 29.3 Å². The van der Waals surface area contributed by atoms with Crippen molar-refractivity contribution in [3.8, 4) is 0 Å². The molecule has 0 aliphatic carbocycles. The van der Waals surface area contributed by atoms with E-state index in [1.54, 1.807) is 0 Å². The van der Waals surface area contributed by atoms with E-state index in [0.717, 1.165) is 25.3 Å². The van der Waals surface area contributed by atoms with Gasteiger partial charge in [0.05, 0.1) is 6.54 Å². The van der Waals surface area contributed by atoms with Gasteiger partial charge in [-0.3, -0.25) is 4.99 Å². The molecule has 2 nitrogen and oxygen atoms in total. The molecule has 1 heterocycles. The monoisotopic (exact) mass is 173 g/mol. The Morgan fingerprint density at radius 2 is 2.08 bits per heavy atom. The van der Waals surface area contributed by atoms with Gasteiger partial charge in [0, 0.05) is 12.1 Å². The van der Waals surface area contributed by atoms with E-state index in [1.165, 1.54) is 11.1 Å². The molecule has 1 aromatic carbocycles. The highest BCUT2D eigenvalue weighted by Crippen LogP contribution is 2.06. The Kier molecular flexibility index (Phi) is 2.30. The van der Waals surface area contributed by atoms with Gasteiger partial charge >= 0.3 is 0 Å². The van der Waals surface area contributed by atoms with Crippen LogP contribution >= 0.6 is 0 Å². The minimum Gasteiger partial charge on any atom is -0.368 e. The van der Waals surface area contributed by atoms with Crippen molar-refractivity contribution >= 4 is 5.84 Å². The lowest BCUT2D eigenvalue weighted by atomic mass is 10.1. The molecule has 13 heavy (non-hydrogen) atoms. The van der Waals surface area contributed by atoms with Gasteiger partial charge in [-0.2, -0.15) is 0 Å². The average Bonchev–Trinajstić information content (AvgIpc) is 2.71. The molecule has 0 saturated carbocycles. The van der Waals surface area contributed by atoms with Gasteiger partial charge in [0.15, 0.2) is 0 Å². The summed E-state index contributed by atoms with van der Waals surface area (Å²) in [4.78, 5) is 4.35. The van der Waals surface area contributed by atoms with Gasteiger partial charge in [-0.1, -0.05) is 24.3 Å². The first kappa shape index (κ1) is 8.30. The number of nitrogens with zero attached hydrogens (tertiary/aromatic N) is 1. The molecule has 0 aromatic heterocycles. The van der Waals surface area contributed by atoms with Crippen LogP contribution in [0.3, 0.4) is 0 Å². The van der Waals surface area contributed by atoms with Gasteiger partial charge in [0.1, 0.15) is 5.84 Å². The van der Waals surface area contributed by atoms with Crippen molar-refractivity contribution in [2.45, 2.75) is 6.42 Å². The molecule has 1 radical (unpaired) electrons. The van der Waals surface area contributed by atoms with Crippen LogP contribution in [0.25, 0.3) is 0 Å². The highest BCUT2D eigenvalue weighted by molar-refractivity contribution is 5.99. The SMILES string of the molecule is [CH2]Cc1ccc(C2=NCCN2)cc1. The van der Waals surface area contributed by atoms with Crippen LogP contribution in [0.5, 0.6) is 0 Å². The van der Waals surface area contributed by atoms with Crippen LogP contribution in [0.4, 0.5) is 0 Å². The molecule has 0 saturated heterocycles. The number of benzene rings is 1. The lowest BCUT2D eigenvalue weighted by Crippen LogP contribution is -2.19. The average molecular weight is 173 g/mol. The molecule has 1 aromatic rings. The molecule has 1 N–H and O–H groups in total. The van der Waals surface area contributed by atoms with Gasteiger partial charge in [-0.25, -0.2) is 0 Å². The quantitative estimate of drug-likeness (QED) is 0.718. The van der Waals surface area contributed by atoms with Crippen LogP contribution in [-0.4, -0.2) is 18.9 Å². The third-order valence-electron chi connectivity index (χ3n) is 2.19.